The average molecular weight is 237 g/mol. The number of hydrogen-bond acceptors (Lipinski definition) is 3. The zero-order chi connectivity index (χ0) is 11.8. The summed E-state index contributed by atoms with van der Waals surface area (Å²) in [7, 11) is 0. The van der Waals surface area contributed by atoms with Gasteiger partial charge < -0.3 is 10.8 Å². The van der Waals surface area contributed by atoms with Crippen LogP contribution in [-0.4, -0.2) is 23.4 Å². The molecule has 1 aliphatic rings. The molecule has 0 bridgehead atoms. The molecule has 1 aromatic carbocycles. The lowest BCUT2D eigenvalue weighted by molar-refractivity contribution is -0.148. The maximum absolute atomic E-state index is 11.3. The topological polar surface area (TPSA) is 63.3 Å². The highest BCUT2D eigenvalue weighted by Gasteiger charge is 2.50. The molecule has 0 saturated heterocycles. The molecule has 1 aliphatic carbocycles. The molecule has 86 valence electrons. The second-order valence-electron chi connectivity index (χ2n) is 4.28. The maximum atomic E-state index is 11.3. The summed E-state index contributed by atoms with van der Waals surface area (Å²) >= 11 is 1.65. The van der Waals surface area contributed by atoms with Gasteiger partial charge in [0.05, 0.1) is 5.41 Å². The highest BCUT2D eigenvalue weighted by atomic mass is 32.2. The Balaban J connectivity index is 2.30. The molecular weight excluding hydrogens is 222 g/mol. The number of hydrogen-bond donors (Lipinski definition) is 2. The van der Waals surface area contributed by atoms with E-state index in [-0.39, 0.29) is 6.04 Å². The van der Waals surface area contributed by atoms with Crippen LogP contribution in [0.5, 0.6) is 0 Å². The van der Waals surface area contributed by atoms with Gasteiger partial charge >= 0.3 is 5.97 Å². The van der Waals surface area contributed by atoms with Crippen molar-refractivity contribution in [2.75, 3.05) is 6.26 Å². The van der Waals surface area contributed by atoms with E-state index in [9.17, 15) is 9.90 Å². The Morgan fingerprint density at radius 3 is 2.38 bits per heavy atom. The van der Waals surface area contributed by atoms with E-state index in [2.05, 4.69) is 0 Å². The van der Waals surface area contributed by atoms with Crippen molar-refractivity contribution in [3.05, 3.63) is 29.8 Å². The summed E-state index contributed by atoms with van der Waals surface area (Å²) < 4.78 is 0. The van der Waals surface area contributed by atoms with Crippen molar-refractivity contribution in [1.29, 1.82) is 0 Å². The third-order valence-electron chi connectivity index (χ3n) is 3.27. The van der Waals surface area contributed by atoms with E-state index in [1.165, 1.54) is 0 Å². The molecule has 0 radical (unpaired) electrons. The lowest BCUT2D eigenvalue weighted by Gasteiger charge is -2.43. The number of benzene rings is 1. The van der Waals surface area contributed by atoms with Crippen molar-refractivity contribution in [2.45, 2.75) is 29.2 Å². The van der Waals surface area contributed by atoms with E-state index in [1.807, 2.05) is 30.5 Å². The number of aliphatic carboxylic acids is 1. The summed E-state index contributed by atoms with van der Waals surface area (Å²) in [5, 5.41) is 9.32. The van der Waals surface area contributed by atoms with Crippen molar-refractivity contribution in [1.82, 2.24) is 0 Å². The van der Waals surface area contributed by atoms with Crippen LogP contribution in [-0.2, 0) is 10.2 Å². The molecule has 0 aromatic heterocycles. The van der Waals surface area contributed by atoms with Crippen LogP contribution in [0.1, 0.15) is 18.4 Å². The smallest absolute Gasteiger partial charge is 0.314 e. The van der Waals surface area contributed by atoms with E-state index in [4.69, 9.17) is 5.73 Å². The summed E-state index contributed by atoms with van der Waals surface area (Å²) in [6.07, 6.45) is 3.09. The number of carboxylic acid groups (broad SMARTS) is 1. The maximum Gasteiger partial charge on any atom is 0.314 e. The van der Waals surface area contributed by atoms with Crippen molar-refractivity contribution >= 4 is 17.7 Å². The average Bonchev–Trinajstić information content (AvgIpc) is 2.24. The molecule has 16 heavy (non-hydrogen) atoms. The largest absolute Gasteiger partial charge is 0.481 e. The van der Waals surface area contributed by atoms with Crippen LogP contribution in [0.4, 0.5) is 0 Å². The van der Waals surface area contributed by atoms with Gasteiger partial charge in [-0.3, -0.25) is 4.79 Å². The Hall–Kier alpha value is -1.00. The van der Waals surface area contributed by atoms with Crippen molar-refractivity contribution in [3.8, 4) is 0 Å². The Bertz CT molecular complexity index is 396. The van der Waals surface area contributed by atoms with Crippen LogP contribution in [0.2, 0.25) is 0 Å². The van der Waals surface area contributed by atoms with E-state index >= 15 is 0 Å². The summed E-state index contributed by atoms with van der Waals surface area (Å²) in [6.45, 7) is 0. The first kappa shape index (κ1) is 11.5. The highest BCUT2D eigenvalue weighted by Crippen LogP contribution is 2.43. The molecule has 2 rings (SSSR count). The molecule has 0 heterocycles. The van der Waals surface area contributed by atoms with Gasteiger partial charge in [-0.05, 0) is 36.8 Å². The van der Waals surface area contributed by atoms with Crippen LogP contribution in [0.15, 0.2) is 29.2 Å². The third kappa shape index (κ3) is 1.72. The molecule has 1 saturated carbocycles. The summed E-state index contributed by atoms with van der Waals surface area (Å²) in [6, 6.07) is 7.78. The minimum atomic E-state index is -0.758. The van der Waals surface area contributed by atoms with Crippen LogP contribution < -0.4 is 5.73 Å². The number of carbonyl (C=O) groups is 1. The van der Waals surface area contributed by atoms with Crippen LogP contribution in [0.25, 0.3) is 0 Å². The van der Waals surface area contributed by atoms with E-state index in [1.54, 1.807) is 11.8 Å². The first-order valence-corrected chi connectivity index (χ1v) is 6.44. The van der Waals surface area contributed by atoms with Crippen LogP contribution in [0, 0.1) is 0 Å². The Labute approximate surface area is 99.0 Å². The van der Waals surface area contributed by atoms with Gasteiger partial charge in [0, 0.05) is 10.9 Å². The van der Waals surface area contributed by atoms with Crippen LogP contribution in [0.3, 0.4) is 0 Å². The Morgan fingerprint density at radius 2 is 2.00 bits per heavy atom. The molecule has 3 nitrogen and oxygen atoms in total. The van der Waals surface area contributed by atoms with Gasteiger partial charge in [-0.15, -0.1) is 11.8 Å². The van der Waals surface area contributed by atoms with Gasteiger partial charge in [-0.2, -0.15) is 0 Å². The molecular formula is C12H15NO2S. The number of nitrogens with two attached hydrogens (primary N) is 1. The molecule has 4 heteroatoms. The van der Waals surface area contributed by atoms with Gasteiger partial charge in [0.1, 0.15) is 0 Å². The van der Waals surface area contributed by atoms with Gasteiger partial charge in [0.25, 0.3) is 0 Å². The molecule has 1 aromatic rings. The predicted octanol–water partition coefficient (Wildman–Crippen LogP) is 1.85. The van der Waals surface area contributed by atoms with Gasteiger partial charge in [-0.25, -0.2) is 0 Å². The fourth-order valence-corrected chi connectivity index (χ4v) is 2.69. The first-order chi connectivity index (χ1) is 7.58. The summed E-state index contributed by atoms with van der Waals surface area (Å²) in [4.78, 5) is 12.5. The SMILES string of the molecule is CSc1ccc(C2(C(=O)O)CC(N)C2)cc1. The normalized spacial score (nSPS) is 28.5. The van der Waals surface area contributed by atoms with Gasteiger partial charge in [-0.1, -0.05) is 12.1 Å². The fraction of sp³-hybridized carbons (Fsp3) is 0.417. The molecule has 1 fully saturated rings. The Morgan fingerprint density at radius 1 is 1.44 bits per heavy atom. The zero-order valence-electron chi connectivity index (χ0n) is 9.14. The van der Waals surface area contributed by atoms with Crippen molar-refractivity contribution in [3.63, 3.8) is 0 Å². The van der Waals surface area contributed by atoms with Gasteiger partial charge in [0.15, 0.2) is 0 Å². The summed E-state index contributed by atoms with van der Waals surface area (Å²) in [5.74, 6) is -0.758. The summed E-state index contributed by atoms with van der Waals surface area (Å²) in [5.41, 5.74) is 5.85. The molecule has 3 N–H and O–H groups in total. The minimum Gasteiger partial charge on any atom is -0.481 e. The molecule has 0 spiro atoms. The minimum absolute atomic E-state index is 0.0244. The molecule has 0 amide bonds. The van der Waals surface area contributed by atoms with E-state index in [0.29, 0.717) is 12.8 Å². The number of thioether (sulfide) groups is 1. The number of carboxylic acids is 1. The Kier molecular flexibility index (Phi) is 2.95. The number of rotatable bonds is 3. The monoisotopic (exact) mass is 237 g/mol. The standard InChI is InChI=1S/C12H15NO2S/c1-16-10-4-2-8(3-5-10)12(11(14)15)6-9(13)7-12/h2-5,9H,6-7,13H2,1H3,(H,14,15). The second kappa shape index (κ2) is 4.11. The highest BCUT2D eigenvalue weighted by molar-refractivity contribution is 7.98. The van der Waals surface area contributed by atoms with Crippen LogP contribution >= 0.6 is 11.8 Å². The zero-order valence-corrected chi connectivity index (χ0v) is 9.96. The lowest BCUT2D eigenvalue weighted by atomic mass is 9.62. The van der Waals surface area contributed by atoms with E-state index in [0.717, 1.165) is 10.5 Å². The second-order valence-corrected chi connectivity index (χ2v) is 5.16. The van der Waals surface area contributed by atoms with Gasteiger partial charge in [0.2, 0.25) is 0 Å². The molecule has 0 aliphatic heterocycles. The quantitative estimate of drug-likeness (QED) is 0.788. The molecule has 0 atom stereocenters. The van der Waals surface area contributed by atoms with E-state index < -0.39 is 11.4 Å². The van der Waals surface area contributed by atoms with Crippen molar-refractivity contribution in [2.24, 2.45) is 5.73 Å². The molecule has 0 unspecified atom stereocenters. The fourth-order valence-electron chi connectivity index (χ4n) is 2.28. The first-order valence-electron chi connectivity index (χ1n) is 5.22. The third-order valence-corrected chi connectivity index (χ3v) is 4.02. The van der Waals surface area contributed by atoms with Crippen molar-refractivity contribution < 1.29 is 9.90 Å². The predicted molar refractivity (Wildman–Crippen MR) is 64.7 cm³/mol. The lowest BCUT2D eigenvalue weighted by Crippen LogP contribution is -2.54.